The summed E-state index contributed by atoms with van der Waals surface area (Å²) in [6, 6.07) is 4.23. The molecule has 0 saturated heterocycles. The first-order chi connectivity index (χ1) is 10.1. The summed E-state index contributed by atoms with van der Waals surface area (Å²) in [6.07, 6.45) is 6.73. The standard InChI is InChI=1S/C16H19N5/c1-10-14(9-21(2)20-10)12-7-15(11-5-3-4-6-11)19-16(18)13(12)8-17/h7,9,11H,3-6H2,1-2H3,(H2,18,19). The van der Waals surface area contributed by atoms with Crippen molar-refractivity contribution in [3.63, 3.8) is 0 Å². The number of pyridine rings is 1. The van der Waals surface area contributed by atoms with E-state index in [1.54, 1.807) is 4.68 Å². The lowest BCUT2D eigenvalue weighted by Crippen LogP contribution is -2.04. The van der Waals surface area contributed by atoms with Gasteiger partial charge >= 0.3 is 0 Å². The number of nitriles is 1. The van der Waals surface area contributed by atoms with Crippen molar-refractivity contribution in [3.8, 4) is 17.2 Å². The first kappa shape index (κ1) is 13.6. The molecule has 2 heterocycles. The molecule has 5 nitrogen and oxygen atoms in total. The van der Waals surface area contributed by atoms with Crippen LogP contribution in [0, 0.1) is 18.3 Å². The summed E-state index contributed by atoms with van der Waals surface area (Å²) >= 11 is 0. The fourth-order valence-corrected chi connectivity index (χ4v) is 3.21. The van der Waals surface area contributed by atoms with Crippen molar-refractivity contribution in [3.05, 3.63) is 29.2 Å². The molecule has 2 aromatic rings. The first-order valence-corrected chi connectivity index (χ1v) is 7.31. The number of aryl methyl sites for hydroxylation is 2. The molecule has 1 saturated carbocycles. The van der Waals surface area contributed by atoms with Gasteiger partial charge in [0.15, 0.2) is 0 Å². The van der Waals surface area contributed by atoms with E-state index in [1.165, 1.54) is 12.8 Å². The molecular weight excluding hydrogens is 262 g/mol. The van der Waals surface area contributed by atoms with Crippen molar-refractivity contribution in [2.75, 3.05) is 5.73 Å². The quantitative estimate of drug-likeness (QED) is 0.917. The van der Waals surface area contributed by atoms with E-state index in [2.05, 4.69) is 16.2 Å². The predicted molar refractivity (Wildman–Crippen MR) is 81.5 cm³/mol. The molecule has 0 spiro atoms. The predicted octanol–water partition coefficient (Wildman–Crippen LogP) is 2.90. The van der Waals surface area contributed by atoms with Crippen LogP contribution < -0.4 is 5.73 Å². The fraction of sp³-hybridized carbons (Fsp3) is 0.438. The summed E-state index contributed by atoms with van der Waals surface area (Å²) in [6.45, 7) is 1.95. The molecule has 1 aliphatic carbocycles. The van der Waals surface area contributed by atoms with Crippen LogP contribution in [0.25, 0.3) is 11.1 Å². The molecule has 3 rings (SSSR count). The lowest BCUT2D eigenvalue weighted by atomic mass is 9.96. The van der Waals surface area contributed by atoms with Gasteiger partial charge in [-0.05, 0) is 25.8 Å². The van der Waals surface area contributed by atoms with Gasteiger partial charge in [0.25, 0.3) is 0 Å². The second kappa shape index (κ2) is 5.21. The van der Waals surface area contributed by atoms with Gasteiger partial charge in [0.2, 0.25) is 0 Å². The largest absolute Gasteiger partial charge is 0.383 e. The molecule has 0 radical (unpaired) electrons. The van der Waals surface area contributed by atoms with Crippen LogP contribution in [0.2, 0.25) is 0 Å². The average molecular weight is 281 g/mol. The third-order valence-corrected chi connectivity index (χ3v) is 4.26. The van der Waals surface area contributed by atoms with Crippen molar-refractivity contribution in [1.82, 2.24) is 14.8 Å². The lowest BCUT2D eigenvalue weighted by Gasteiger charge is -2.13. The number of aromatic nitrogens is 3. The summed E-state index contributed by atoms with van der Waals surface area (Å²) in [5.74, 6) is 0.802. The Morgan fingerprint density at radius 1 is 1.33 bits per heavy atom. The zero-order valence-corrected chi connectivity index (χ0v) is 12.4. The van der Waals surface area contributed by atoms with Gasteiger partial charge in [0.05, 0.1) is 5.69 Å². The van der Waals surface area contributed by atoms with Crippen LogP contribution in [0.5, 0.6) is 0 Å². The smallest absolute Gasteiger partial charge is 0.142 e. The maximum absolute atomic E-state index is 9.42. The molecule has 1 fully saturated rings. The van der Waals surface area contributed by atoms with Crippen LogP contribution in [0.1, 0.15) is 48.6 Å². The van der Waals surface area contributed by atoms with Crippen LogP contribution >= 0.6 is 0 Å². The SMILES string of the molecule is Cc1nn(C)cc1-c1cc(C2CCCC2)nc(N)c1C#N. The summed E-state index contributed by atoms with van der Waals surface area (Å²) in [4.78, 5) is 4.48. The number of nitrogens with zero attached hydrogens (tertiary/aromatic N) is 4. The van der Waals surface area contributed by atoms with Gasteiger partial charge in [-0.15, -0.1) is 0 Å². The maximum atomic E-state index is 9.42. The Morgan fingerprint density at radius 2 is 2.05 bits per heavy atom. The van der Waals surface area contributed by atoms with E-state index < -0.39 is 0 Å². The second-order valence-corrected chi connectivity index (χ2v) is 5.75. The fourth-order valence-electron chi connectivity index (χ4n) is 3.21. The number of rotatable bonds is 2. The van der Waals surface area contributed by atoms with Gasteiger partial charge in [-0.2, -0.15) is 10.4 Å². The zero-order valence-electron chi connectivity index (χ0n) is 12.4. The topological polar surface area (TPSA) is 80.5 Å². The Balaban J connectivity index is 2.17. The highest BCUT2D eigenvalue weighted by Gasteiger charge is 2.22. The maximum Gasteiger partial charge on any atom is 0.142 e. The molecule has 108 valence electrons. The van der Waals surface area contributed by atoms with E-state index >= 15 is 0 Å². The van der Waals surface area contributed by atoms with E-state index in [0.717, 1.165) is 35.4 Å². The third-order valence-electron chi connectivity index (χ3n) is 4.26. The van der Waals surface area contributed by atoms with Gasteiger partial charge in [-0.1, -0.05) is 12.8 Å². The highest BCUT2D eigenvalue weighted by atomic mass is 15.2. The molecule has 2 aromatic heterocycles. The van der Waals surface area contributed by atoms with Crippen LogP contribution in [-0.4, -0.2) is 14.8 Å². The highest BCUT2D eigenvalue weighted by Crippen LogP contribution is 2.37. The van der Waals surface area contributed by atoms with Gasteiger partial charge in [-0.25, -0.2) is 4.98 Å². The lowest BCUT2D eigenvalue weighted by molar-refractivity contribution is 0.699. The molecule has 2 N–H and O–H groups in total. The number of nitrogens with two attached hydrogens (primary N) is 1. The van der Waals surface area contributed by atoms with Crippen molar-refractivity contribution >= 4 is 5.82 Å². The van der Waals surface area contributed by atoms with E-state index in [0.29, 0.717) is 17.3 Å². The Hall–Kier alpha value is -2.35. The molecular formula is C16H19N5. The normalized spacial score (nSPS) is 15.3. The summed E-state index contributed by atoms with van der Waals surface area (Å²) in [5, 5.41) is 13.8. The van der Waals surface area contributed by atoms with E-state index in [4.69, 9.17) is 5.73 Å². The van der Waals surface area contributed by atoms with Gasteiger partial charge in [0.1, 0.15) is 17.5 Å². The van der Waals surface area contributed by atoms with Crippen LogP contribution in [-0.2, 0) is 7.05 Å². The molecule has 0 aromatic carbocycles. The Bertz CT molecular complexity index is 717. The molecule has 0 atom stereocenters. The molecule has 0 amide bonds. The molecule has 0 aliphatic heterocycles. The number of anilines is 1. The summed E-state index contributed by atoms with van der Waals surface area (Å²) < 4.78 is 1.76. The van der Waals surface area contributed by atoms with Crippen molar-refractivity contribution in [1.29, 1.82) is 5.26 Å². The minimum absolute atomic E-state index is 0.333. The van der Waals surface area contributed by atoms with E-state index in [-0.39, 0.29) is 0 Å². The number of nitrogen functional groups attached to an aromatic ring is 1. The van der Waals surface area contributed by atoms with Crippen LogP contribution in [0.4, 0.5) is 5.82 Å². The number of hydrogen-bond acceptors (Lipinski definition) is 4. The molecule has 0 bridgehead atoms. The van der Waals surface area contributed by atoms with E-state index in [1.807, 2.05) is 26.2 Å². The second-order valence-electron chi connectivity index (χ2n) is 5.75. The van der Waals surface area contributed by atoms with Crippen molar-refractivity contribution in [2.24, 2.45) is 7.05 Å². The Kier molecular flexibility index (Phi) is 3.38. The summed E-state index contributed by atoms with van der Waals surface area (Å²) in [7, 11) is 1.88. The summed E-state index contributed by atoms with van der Waals surface area (Å²) in [5.41, 5.74) is 10.2. The highest BCUT2D eigenvalue weighted by molar-refractivity contribution is 5.76. The minimum Gasteiger partial charge on any atom is -0.383 e. The average Bonchev–Trinajstić information content (AvgIpc) is 3.07. The van der Waals surface area contributed by atoms with Gasteiger partial charge in [0, 0.05) is 36.0 Å². The van der Waals surface area contributed by atoms with Crippen molar-refractivity contribution in [2.45, 2.75) is 38.5 Å². The molecule has 5 heteroatoms. The molecule has 0 unspecified atom stereocenters. The minimum atomic E-state index is 0.333. The number of hydrogen-bond donors (Lipinski definition) is 1. The van der Waals surface area contributed by atoms with Crippen LogP contribution in [0.15, 0.2) is 12.3 Å². The zero-order chi connectivity index (χ0) is 15.0. The third kappa shape index (κ3) is 2.38. The first-order valence-electron chi connectivity index (χ1n) is 7.31. The molecule has 21 heavy (non-hydrogen) atoms. The van der Waals surface area contributed by atoms with Gasteiger partial charge < -0.3 is 5.73 Å². The Labute approximate surface area is 124 Å². The van der Waals surface area contributed by atoms with E-state index in [9.17, 15) is 5.26 Å². The van der Waals surface area contributed by atoms with Crippen molar-refractivity contribution < 1.29 is 0 Å². The van der Waals surface area contributed by atoms with Gasteiger partial charge in [-0.3, -0.25) is 4.68 Å². The molecule has 1 aliphatic rings. The van der Waals surface area contributed by atoms with Crippen LogP contribution in [0.3, 0.4) is 0 Å². The monoisotopic (exact) mass is 281 g/mol. The Morgan fingerprint density at radius 3 is 2.62 bits per heavy atom.